The number of hydrogen-bond acceptors (Lipinski definition) is 2. The van der Waals surface area contributed by atoms with E-state index in [2.05, 4.69) is 13.8 Å². The van der Waals surface area contributed by atoms with Gasteiger partial charge in [0.25, 0.3) is 0 Å². The predicted molar refractivity (Wildman–Crippen MR) is 59.2 cm³/mol. The summed E-state index contributed by atoms with van der Waals surface area (Å²) in [5.74, 6) is 0.520. The summed E-state index contributed by atoms with van der Waals surface area (Å²) in [7, 11) is 0. The molecule has 0 amide bonds. The third kappa shape index (κ3) is 2.34. The van der Waals surface area contributed by atoms with Crippen molar-refractivity contribution >= 4 is 0 Å². The van der Waals surface area contributed by atoms with Gasteiger partial charge in [-0.15, -0.1) is 0 Å². The predicted octanol–water partition coefficient (Wildman–Crippen LogP) is 1.98. The highest BCUT2D eigenvalue weighted by molar-refractivity contribution is 5.28. The maximum atomic E-state index is 9.90. The van der Waals surface area contributed by atoms with E-state index in [0.717, 1.165) is 5.56 Å². The number of hydrogen-bond donors (Lipinski definition) is 2. The minimum Gasteiger partial charge on any atom is -0.384 e. The fourth-order valence-electron chi connectivity index (χ4n) is 1.34. The van der Waals surface area contributed by atoms with Crippen molar-refractivity contribution in [1.82, 2.24) is 0 Å². The van der Waals surface area contributed by atoms with E-state index >= 15 is 0 Å². The lowest BCUT2D eigenvalue weighted by Crippen LogP contribution is -2.31. The zero-order chi connectivity index (χ0) is 10.8. The SMILES string of the molecule is CC(C)c1ccc(C(C)(O)CN)cc1. The second kappa shape index (κ2) is 4.11. The molecule has 2 heteroatoms. The van der Waals surface area contributed by atoms with Crippen LogP contribution in [0.25, 0.3) is 0 Å². The minimum absolute atomic E-state index is 0.244. The van der Waals surface area contributed by atoms with Crippen LogP contribution in [0, 0.1) is 0 Å². The Kier molecular flexibility index (Phi) is 3.29. The summed E-state index contributed by atoms with van der Waals surface area (Å²) in [6.45, 7) is 6.28. The largest absolute Gasteiger partial charge is 0.384 e. The second-order valence-corrected chi connectivity index (χ2v) is 4.25. The molecule has 0 saturated heterocycles. The highest BCUT2D eigenvalue weighted by atomic mass is 16.3. The van der Waals surface area contributed by atoms with Gasteiger partial charge < -0.3 is 10.8 Å². The van der Waals surface area contributed by atoms with Gasteiger partial charge in [0.2, 0.25) is 0 Å². The molecular formula is C12H19NO. The van der Waals surface area contributed by atoms with Gasteiger partial charge >= 0.3 is 0 Å². The first-order valence-corrected chi connectivity index (χ1v) is 5.00. The molecule has 0 aliphatic heterocycles. The molecule has 1 aromatic carbocycles. The van der Waals surface area contributed by atoms with Gasteiger partial charge in [-0.1, -0.05) is 38.1 Å². The Labute approximate surface area is 85.8 Å². The molecule has 3 N–H and O–H groups in total. The first-order chi connectivity index (χ1) is 6.47. The lowest BCUT2D eigenvalue weighted by atomic mass is 9.93. The van der Waals surface area contributed by atoms with Crippen LogP contribution in [0.2, 0.25) is 0 Å². The van der Waals surface area contributed by atoms with Crippen molar-refractivity contribution in [3.8, 4) is 0 Å². The standard InChI is InChI=1S/C12H19NO/c1-9(2)10-4-6-11(7-5-10)12(3,14)8-13/h4-7,9,14H,8,13H2,1-3H3. The number of benzene rings is 1. The molecule has 0 aliphatic rings. The Morgan fingerprint density at radius 3 is 2.14 bits per heavy atom. The third-order valence-electron chi connectivity index (χ3n) is 2.60. The maximum Gasteiger partial charge on any atom is 0.0990 e. The van der Waals surface area contributed by atoms with Crippen LogP contribution >= 0.6 is 0 Å². The topological polar surface area (TPSA) is 46.2 Å². The average molecular weight is 193 g/mol. The van der Waals surface area contributed by atoms with Crippen molar-refractivity contribution < 1.29 is 5.11 Å². The number of rotatable bonds is 3. The van der Waals surface area contributed by atoms with Crippen LogP contribution < -0.4 is 5.73 Å². The summed E-state index contributed by atoms with van der Waals surface area (Å²) < 4.78 is 0. The van der Waals surface area contributed by atoms with Crippen LogP contribution in [0.1, 0.15) is 37.8 Å². The van der Waals surface area contributed by atoms with Gasteiger partial charge in [-0.05, 0) is 24.0 Å². The van der Waals surface area contributed by atoms with E-state index in [1.54, 1.807) is 6.92 Å². The van der Waals surface area contributed by atoms with Crippen molar-refractivity contribution in [2.45, 2.75) is 32.3 Å². The molecule has 1 aromatic rings. The molecule has 0 radical (unpaired) electrons. The quantitative estimate of drug-likeness (QED) is 0.771. The van der Waals surface area contributed by atoms with E-state index < -0.39 is 5.60 Å². The summed E-state index contributed by atoms with van der Waals surface area (Å²) in [5.41, 5.74) is 6.74. The molecule has 1 unspecified atom stereocenters. The Morgan fingerprint density at radius 2 is 1.79 bits per heavy atom. The molecule has 1 rings (SSSR count). The number of nitrogens with two attached hydrogens (primary N) is 1. The second-order valence-electron chi connectivity index (χ2n) is 4.25. The molecule has 78 valence electrons. The normalized spacial score (nSPS) is 15.6. The van der Waals surface area contributed by atoms with Crippen LogP contribution in [-0.4, -0.2) is 11.7 Å². The van der Waals surface area contributed by atoms with Crippen LogP contribution in [0.3, 0.4) is 0 Å². The highest BCUT2D eigenvalue weighted by Crippen LogP contribution is 2.22. The minimum atomic E-state index is -0.907. The van der Waals surface area contributed by atoms with Crippen molar-refractivity contribution in [3.63, 3.8) is 0 Å². The van der Waals surface area contributed by atoms with Gasteiger partial charge in [0.1, 0.15) is 0 Å². The zero-order valence-electron chi connectivity index (χ0n) is 9.12. The maximum absolute atomic E-state index is 9.90. The van der Waals surface area contributed by atoms with E-state index in [0.29, 0.717) is 5.92 Å². The summed E-state index contributed by atoms with van der Waals surface area (Å²) in [4.78, 5) is 0. The molecule has 1 atom stereocenters. The van der Waals surface area contributed by atoms with E-state index in [1.807, 2.05) is 24.3 Å². The van der Waals surface area contributed by atoms with Crippen molar-refractivity contribution in [3.05, 3.63) is 35.4 Å². The molecule has 0 bridgehead atoms. The van der Waals surface area contributed by atoms with Crippen LogP contribution in [0.5, 0.6) is 0 Å². The van der Waals surface area contributed by atoms with Gasteiger partial charge in [0, 0.05) is 6.54 Å². The van der Waals surface area contributed by atoms with Crippen molar-refractivity contribution in [2.24, 2.45) is 5.73 Å². The lowest BCUT2D eigenvalue weighted by Gasteiger charge is -2.22. The molecule has 14 heavy (non-hydrogen) atoms. The van der Waals surface area contributed by atoms with Gasteiger partial charge in [-0.25, -0.2) is 0 Å². The summed E-state index contributed by atoms with van der Waals surface area (Å²) in [6, 6.07) is 7.98. The fraction of sp³-hybridized carbons (Fsp3) is 0.500. The van der Waals surface area contributed by atoms with E-state index in [-0.39, 0.29) is 6.54 Å². The Balaban J connectivity index is 2.94. The molecule has 0 fully saturated rings. The van der Waals surface area contributed by atoms with Crippen molar-refractivity contribution in [1.29, 1.82) is 0 Å². The molecule has 0 heterocycles. The first-order valence-electron chi connectivity index (χ1n) is 5.00. The molecule has 2 nitrogen and oxygen atoms in total. The molecule has 0 spiro atoms. The van der Waals surface area contributed by atoms with E-state index in [4.69, 9.17) is 5.73 Å². The van der Waals surface area contributed by atoms with Gasteiger partial charge in [0.05, 0.1) is 5.60 Å². The lowest BCUT2D eigenvalue weighted by molar-refractivity contribution is 0.0668. The first kappa shape index (κ1) is 11.2. The highest BCUT2D eigenvalue weighted by Gasteiger charge is 2.20. The third-order valence-corrected chi connectivity index (χ3v) is 2.60. The summed E-state index contributed by atoms with van der Waals surface area (Å²) in [5, 5.41) is 9.90. The zero-order valence-corrected chi connectivity index (χ0v) is 9.12. The molecular weight excluding hydrogens is 174 g/mol. The summed E-state index contributed by atoms with van der Waals surface area (Å²) in [6.07, 6.45) is 0. The van der Waals surface area contributed by atoms with Crippen LogP contribution in [-0.2, 0) is 5.60 Å². The smallest absolute Gasteiger partial charge is 0.0990 e. The Bertz CT molecular complexity index is 288. The van der Waals surface area contributed by atoms with Gasteiger partial charge in [-0.3, -0.25) is 0 Å². The van der Waals surface area contributed by atoms with Crippen molar-refractivity contribution in [2.75, 3.05) is 6.54 Å². The van der Waals surface area contributed by atoms with Crippen LogP contribution in [0.15, 0.2) is 24.3 Å². The summed E-state index contributed by atoms with van der Waals surface area (Å²) >= 11 is 0. The Morgan fingerprint density at radius 1 is 1.29 bits per heavy atom. The van der Waals surface area contributed by atoms with Gasteiger partial charge in [0.15, 0.2) is 0 Å². The molecule has 0 aromatic heterocycles. The fourth-order valence-corrected chi connectivity index (χ4v) is 1.34. The Hall–Kier alpha value is -0.860. The molecule has 0 saturated carbocycles. The average Bonchev–Trinajstić information content (AvgIpc) is 2.18. The van der Waals surface area contributed by atoms with Crippen LogP contribution in [0.4, 0.5) is 0 Å². The van der Waals surface area contributed by atoms with E-state index in [9.17, 15) is 5.11 Å². The molecule has 0 aliphatic carbocycles. The van der Waals surface area contributed by atoms with E-state index in [1.165, 1.54) is 5.56 Å². The van der Waals surface area contributed by atoms with Gasteiger partial charge in [-0.2, -0.15) is 0 Å². The number of aliphatic hydroxyl groups is 1. The monoisotopic (exact) mass is 193 g/mol.